The molecule has 1 aliphatic heterocycles. The minimum Gasteiger partial charge on any atom is -0.337 e. The lowest BCUT2D eigenvalue weighted by Gasteiger charge is -2.31. The second kappa shape index (κ2) is 6.19. The van der Waals surface area contributed by atoms with Gasteiger partial charge in [0.15, 0.2) is 0 Å². The van der Waals surface area contributed by atoms with Crippen molar-refractivity contribution in [1.82, 2.24) is 15.1 Å². The Morgan fingerprint density at radius 3 is 2.43 bits per heavy atom. The molecule has 7 heteroatoms. The maximum Gasteiger partial charge on any atom is 0.231 e. The Bertz CT molecular complexity index is 598. The van der Waals surface area contributed by atoms with Gasteiger partial charge in [-0.15, -0.1) is 10.2 Å². The Labute approximate surface area is 141 Å². The molecule has 2 amide bonds. The van der Waals surface area contributed by atoms with Crippen LogP contribution < -0.4 is 5.32 Å². The van der Waals surface area contributed by atoms with Gasteiger partial charge in [0.2, 0.25) is 16.9 Å². The van der Waals surface area contributed by atoms with E-state index in [1.165, 1.54) is 11.3 Å². The first kappa shape index (κ1) is 17.8. The average Bonchev–Trinajstić information content (AvgIpc) is 2.93. The van der Waals surface area contributed by atoms with E-state index in [0.29, 0.717) is 11.7 Å². The molecule has 2 rings (SSSR count). The third-order valence-corrected chi connectivity index (χ3v) is 4.52. The Morgan fingerprint density at radius 2 is 1.91 bits per heavy atom. The number of hydrogen-bond donors (Lipinski definition) is 1. The number of amides is 2. The Balaban J connectivity index is 1.97. The summed E-state index contributed by atoms with van der Waals surface area (Å²) in [6.07, 6.45) is 1.08. The number of rotatable bonds is 3. The minimum atomic E-state index is -0.323. The zero-order chi connectivity index (χ0) is 17.4. The summed E-state index contributed by atoms with van der Waals surface area (Å²) in [6, 6.07) is 0. The first-order chi connectivity index (χ1) is 10.5. The van der Waals surface area contributed by atoms with Crippen LogP contribution in [-0.4, -0.2) is 39.0 Å². The van der Waals surface area contributed by atoms with E-state index in [0.717, 1.165) is 11.4 Å². The van der Waals surface area contributed by atoms with E-state index in [9.17, 15) is 9.59 Å². The SMILES string of the molecule is CC(C)(C)Cc1nnc(NC(=O)[C@H]2CC(=O)N(C(C)(C)C)C2)s1. The van der Waals surface area contributed by atoms with E-state index in [1.54, 1.807) is 4.90 Å². The van der Waals surface area contributed by atoms with Crippen LogP contribution in [0, 0.1) is 11.3 Å². The zero-order valence-electron chi connectivity index (χ0n) is 14.8. The molecule has 1 atom stereocenters. The quantitative estimate of drug-likeness (QED) is 0.919. The molecule has 1 aliphatic rings. The van der Waals surface area contributed by atoms with E-state index >= 15 is 0 Å². The molecule has 0 spiro atoms. The number of nitrogens with zero attached hydrogens (tertiary/aromatic N) is 3. The van der Waals surface area contributed by atoms with Crippen LogP contribution in [-0.2, 0) is 16.0 Å². The predicted octanol–water partition coefficient (Wildman–Crippen LogP) is 2.71. The maximum absolute atomic E-state index is 12.4. The van der Waals surface area contributed by atoms with Crippen LogP contribution in [0.15, 0.2) is 0 Å². The fourth-order valence-electron chi connectivity index (χ4n) is 2.57. The number of carbonyl (C=O) groups excluding carboxylic acids is 2. The summed E-state index contributed by atoms with van der Waals surface area (Å²) < 4.78 is 0. The summed E-state index contributed by atoms with van der Waals surface area (Å²) in [5, 5.41) is 12.4. The van der Waals surface area contributed by atoms with Gasteiger partial charge in [-0.1, -0.05) is 32.1 Å². The molecule has 1 aromatic heterocycles. The van der Waals surface area contributed by atoms with Crippen LogP contribution in [0.1, 0.15) is 53.0 Å². The molecule has 1 aromatic rings. The molecular weight excluding hydrogens is 312 g/mol. The van der Waals surface area contributed by atoms with E-state index < -0.39 is 0 Å². The number of hydrogen-bond acceptors (Lipinski definition) is 5. The molecule has 2 heterocycles. The van der Waals surface area contributed by atoms with Crippen molar-refractivity contribution >= 4 is 28.3 Å². The topological polar surface area (TPSA) is 75.2 Å². The molecule has 0 saturated carbocycles. The largest absolute Gasteiger partial charge is 0.337 e. The maximum atomic E-state index is 12.4. The summed E-state index contributed by atoms with van der Waals surface area (Å²) in [7, 11) is 0. The first-order valence-corrected chi connectivity index (χ1v) is 8.71. The molecule has 23 heavy (non-hydrogen) atoms. The van der Waals surface area contributed by atoms with Crippen LogP contribution in [0.3, 0.4) is 0 Å². The van der Waals surface area contributed by atoms with Crippen molar-refractivity contribution in [1.29, 1.82) is 0 Å². The normalized spacial score (nSPS) is 19.3. The highest BCUT2D eigenvalue weighted by Gasteiger charge is 2.39. The van der Waals surface area contributed by atoms with E-state index in [1.807, 2.05) is 20.8 Å². The molecule has 0 radical (unpaired) electrons. The standard InChI is InChI=1S/C16H26N4O2S/c1-15(2,3)8-11-18-19-14(23-11)17-13(22)10-7-12(21)20(9-10)16(4,5)6/h10H,7-9H2,1-6H3,(H,17,19,22)/t10-/m0/s1. The van der Waals surface area contributed by atoms with Crippen LogP contribution in [0.5, 0.6) is 0 Å². The zero-order valence-corrected chi connectivity index (χ0v) is 15.6. The molecule has 128 valence electrons. The van der Waals surface area contributed by atoms with E-state index in [2.05, 4.69) is 36.3 Å². The summed E-state index contributed by atoms with van der Waals surface area (Å²) in [5.74, 6) is -0.441. The Morgan fingerprint density at radius 1 is 1.26 bits per heavy atom. The second-order valence-corrected chi connectivity index (χ2v) is 9.37. The van der Waals surface area contributed by atoms with Gasteiger partial charge in [0.25, 0.3) is 0 Å². The molecule has 1 fully saturated rings. The lowest BCUT2D eigenvalue weighted by Crippen LogP contribution is -2.42. The van der Waals surface area contributed by atoms with Crippen molar-refractivity contribution in [2.45, 2.75) is 59.9 Å². The monoisotopic (exact) mass is 338 g/mol. The summed E-state index contributed by atoms with van der Waals surface area (Å²) in [4.78, 5) is 26.2. The Hall–Kier alpha value is -1.50. The van der Waals surface area contributed by atoms with Crippen molar-refractivity contribution < 1.29 is 9.59 Å². The minimum absolute atomic E-state index is 0.0309. The summed E-state index contributed by atoms with van der Waals surface area (Å²) in [6.45, 7) is 12.8. The van der Waals surface area contributed by atoms with Crippen LogP contribution in [0.2, 0.25) is 0 Å². The lowest BCUT2D eigenvalue weighted by atomic mass is 9.93. The number of carbonyl (C=O) groups is 2. The average molecular weight is 338 g/mol. The van der Waals surface area contributed by atoms with Crippen molar-refractivity contribution in [2.24, 2.45) is 11.3 Å². The van der Waals surface area contributed by atoms with Crippen LogP contribution in [0.4, 0.5) is 5.13 Å². The van der Waals surface area contributed by atoms with Crippen molar-refractivity contribution in [3.63, 3.8) is 0 Å². The second-order valence-electron chi connectivity index (χ2n) is 8.30. The highest BCUT2D eigenvalue weighted by Crippen LogP contribution is 2.28. The van der Waals surface area contributed by atoms with E-state index in [-0.39, 0.29) is 35.1 Å². The van der Waals surface area contributed by atoms with Gasteiger partial charge < -0.3 is 10.2 Å². The van der Waals surface area contributed by atoms with Gasteiger partial charge in [0, 0.05) is 24.9 Å². The van der Waals surface area contributed by atoms with E-state index in [4.69, 9.17) is 0 Å². The molecule has 6 nitrogen and oxygen atoms in total. The summed E-state index contributed by atoms with van der Waals surface area (Å²) in [5.41, 5.74) is -0.124. The van der Waals surface area contributed by atoms with Gasteiger partial charge in [-0.05, 0) is 26.2 Å². The number of aromatic nitrogens is 2. The van der Waals surface area contributed by atoms with Crippen LogP contribution >= 0.6 is 11.3 Å². The molecule has 1 saturated heterocycles. The molecule has 0 unspecified atom stereocenters. The van der Waals surface area contributed by atoms with Crippen molar-refractivity contribution in [2.75, 3.05) is 11.9 Å². The number of anilines is 1. The molecule has 0 aromatic carbocycles. The van der Waals surface area contributed by atoms with Crippen molar-refractivity contribution in [3.05, 3.63) is 5.01 Å². The van der Waals surface area contributed by atoms with Gasteiger partial charge in [-0.25, -0.2) is 0 Å². The molecule has 1 N–H and O–H groups in total. The number of nitrogens with one attached hydrogen (secondary N) is 1. The predicted molar refractivity (Wildman–Crippen MR) is 91.3 cm³/mol. The molecular formula is C16H26N4O2S. The van der Waals surface area contributed by atoms with Gasteiger partial charge in [0.05, 0.1) is 5.92 Å². The van der Waals surface area contributed by atoms with Gasteiger partial charge >= 0.3 is 0 Å². The molecule has 0 aliphatic carbocycles. The van der Waals surface area contributed by atoms with Gasteiger partial charge in [0.1, 0.15) is 5.01 Å². The highest BCUT2D eigenvalue weighted by atomic mass is 32.1. The van der Waals surface area contributed by atoms with Gasteiger partial charge in [-0.2, -0.15) is 0 Å². The van der Waals surface area contributed by atoms with Crippen LogP contribution in [0.25, 0.3) is 0 Å². The highest BCUT2D eigenvalue weighted by molar-refractivity contribution is 7.15. The third-order valence-electron chi connectivity index (χ3n) is 3.68. The molecule has 0 bridgehead atoms. The Kier molecular flexibility index (Phi) is 4.80. The lowest BCUT2D eigenvalue weighted by molar-refractivity contribution is -0.131. The smallest absolute Gasteiger partial charge is 0.231 e. The first-order valence-electron chi connectivity index (χ1n) is 7.89. The van der Waals surface area contributed by atoms with Crippen molar-refractivity contribution in [3.8, 4) is 0 Å². The third kappa shape index (κ3) is 4.73. The number of likely N-dealkylation sites (tertiary alicyclic amines) is 1. The summed E-state index contributed by atoms with van der Waals surface area (Å²) >= 11 is 1.40. The fraction of sp³-hybridized carbons (Fsp3) is 0.750. The fourth-order valence-corrected chi connectivity index (χ4v) is 3.61. The van der Waals surface area contributed by atoms with Gasteiger partial charge in [-0.3, -0.25) is 9.59 Å².